The van der Waals surface area contributed by atoms with E-state index in [1.54, 1.807) is 18.2 Å². The zero-order chi connectivity index (χ0) is 13.1. The number of carbonyl (C=O) groups excluding carboxylic acids is 1. The lowest BCUT2D eigenvalue weighted by molar-refractivity contribution is 0.100. The minimum atomic E-state index is -0.430. The van der Waals surface area contributed by atoms with Crippen molar-refractivity contribution in [3.05, 3.63) is 49.6 Å². The van der Waals surface area contributed by atoms with Gasteiger partial charge in [0, 0.05) is 27.1 Å². The number of hydrogen-bond donors (Lipinski definition) is 2. The van der Waals surface area contributed by atoms with Gasteiger partial charge in [0.25, 0.3) is 0 Å². The zero-order valence-electron chi connectivity index (χ0n) is 9.24. The quantitative estimate of drug-likeness (QED) is 0.883. The van der Waals surface area contributed by atoms with Crippen molar-refractivity contribution in [3.8, 4) is 0 Å². The maximum atomic E-state index is 11.0. The van der Waals surface area contributed by atoms with Gasteiger partial charge in [0.05, 0.1) is 0 Å². The van der Waals surface area contributed by atoms with E-state index in [9.17, 15) is 4.79 Å². The summed E-state index contributed by atoms with van der Waals surface area (Å²) in [5, 5.41) is 3.22. The highest BCUT2D eigenvalue weighted by Crippen LogP contribution is 2.32. The van der Waals surface area contributed by atoms with Gasteiger partial charge in [-0.1, -0.05) is 17.7 Å². The van der Waals surface area contributed by atoms with E-state index in [0.717, 1.165) is 19.4 Å². The Morgan fingerprint density at radius 1 is 1.44 bits per heavy atom. The maximum absolute atomic E-state index is 11.0. The third kappa shape index (κ3) is 3.25. The van der Waals surface area contributed by atoms with Crippen LogP contribution in [0.3, 0.4) is 0 Å². The molecule has 0 aliphatic rings. The Labute approximate surface area is 122 Å². The zero-order valence-corrected chi connectivity index (χ0v) is 12.4. The van der Waals surface area contributed by atoms with Crippen molar-refractivity contribution in [2.45, 2.75) is 6.54 Å². The molecule has 0 saturated carbocycles. The Bertz CT molecular complexity index is 566. The van der Waals surface area contributed by atoms with Crippen LogP contribution in [-0.4, -0.2) is 5.91 Å². The fourth-order valence-corrected chi connectivity index (χ4v) is 3.18. The third-order valence-corrected chi connectivity index (χ3v) is 4.78. The molecule has 1 heterocycles. The van der Waals surface area contributed by atoms with Gasteiger partial charge < -0.3 is 11.1 Å². The van der Waals surface area contributed by atoms with Crippen molar-refractivity contribution in [1.29, 1.82) is 0 Å². The standard InChI is InChI=1S/C12H10BrClN2OS/c13-10-5-9(18-11(10)14)6-16-8-3-1-2-7(4-8)12(15)17/h1-5,16H,6H2,(H2,15,17). The van der Waals surface area contributed by atoms with Crippen LogP contribution in [0, 0.1) is 0 Å². The first kappa shape index (κ1) is 13.4. The molecule has 1 aromatic heterocycles. The molecule has 6 heteroatoms. The van der Waals surface area contributed by atoms with Crippen molar-refractivity contribution in [1.82, 2.24) is 0 Å². The molecule has 0 unspecified atom stereocenters. The van der Waals surface area contributed by atoms with Crippen LogP contribution in [-0.2, 0) is 6.54 Å². The third-order valence-electron chi connectivity index (χ3n) is 2.31. The van der Waals surface area contributed by atoms with Crippen LogP contribution in [0.2, 0.25) is 4.34 Å². The fourth-order valence-electron chi connectivity index (χ4n) is 1.45. The van der Waals surface area contributed by atoms with E-state index in [0.29, 0.717) is 12.1 Å². The molecular weight excluding hydrogens is 336 g/mol. The summed E-state index contributed by atoms with van der Waals surface area (Å²) in [6.07, 6.45) is 0. The molecule has 3 N–H and O–H groups in total. The van der Waals surface area contributed by atoms with Crippen molar-refractivity contribution in [3.63, 3.8) is 0 Å². The van der Waals surface area contributed by atoms with Gasteiger partial charge in [-0.15, -0.1) is 11.3 Å². The highest BCUT2D eigenvalue weighted by molar-refractivity contribution is 9.10. The summed E-state index contributed by atoms with van der Waals surface area (Å²) in [5.41, 5.74) is 6.57. The lowest BCUT2D eigenvalue weighted by atomic mass is 10.2. The number of rotatable bonds is 4. The normalized spacial score (nSPS) is 10.3. The van der Waals surface area contributed by atoms with E-state index in [2.05, 4.69) is 21.2 Å². The number of anilines is 1. The number of carbonyl (C=O) groups is 1. The largest absolute Gasteiger partial charge is 0.380 e. The van der Waals surface area contributed by atoms with Crippen molar-refractivity contribution in [2.75, 3.05) is 5.32 Å². The van der Waals surface area contributed by atoms with Crippen LogP contribution < -0.4 is 11.1 Å². The Balaban J connectivity index is 2.06. The number of amides is 1. The minimum absolute atomic E-state index is 0.430. The monoisotopic (exact) mass is 344 g/mol. The van der Waals surface area contributed by atoms with E-state index < -0.39 is 5.91 Å². The number of nitrogens with two attached hydrogens (primary N) is 1. The van der Waals surface area contributed by atoms with E-state index in [1.807, 2.05) is 12.1 Å². The Kier molecular flexibility index (Phi) is 4.27. The fraction of sp³-hybridized carbons (Fsp3) is 0.0833. The number of primary amides is 1. The molecule has 0 bridgehead atoms. The van der Waals surface area contributed by atoms with Crippen LogP contribution >= 0.6 is 38.9 Å². The molecule has 0 aliphatic carbocycles. The summed E-state index contributed by atoms with van der Waals surface area (Å²) < 4.78 is 1.63. The van der Waals surface area contributed by atoms with Gasteiger partial charge >= 0.3 is 0 Å². The summed E-state index contributed by atoms with van der Waals surface area (Å²) in [7, 11) is 0. The summed E-state index contributed by atoms with van der Waals surface area (Å²) >= 11 is 10.8. The molecule has 94 valence electrons. The van der Waals surface area contributed by atoms with Gasteiger partial charge in [0.1, 0.15) is 4.34 Å². The maximum Gasteiger partial charge on any atom is 0.248 e. The molecule has 0 saturated heterocycles. The van der Waals surface area contributed by atoms with Crippen LogP contribution in [0.5, 0.6) is 0 Å². The lowest BCUT2D eigenvalue weighted by Gasteiger charge is -2.05. The van der Waals surface area contributed by atoms with Gasteiger partial charge in [-0.25, -0.2) is 0 Å². The van der Waals surface area contributed by atoms with Crippen LogP contribution in [0.1, 0.15) is 15.2 Å². The van der Waals surface area contributed by atoms with Crippen molar-refractivity contribution < 1.29 is 4.79 Å². The topological polar surface area (TPSA) is 55.1 Å². The molecule has 3 nitrogen and oxygen atoms in total. The number of hydrogen-bond acceptors (Lipinski definition) is 3. The lowest BCUT2D eigenvalue weighted by Crippen LogP contribution is -2.11. The number of nitrogens with one attached hydrogen (secondary N) is 1. The van der Waals surface area contributed by atoms with Gasteiger partial charge in [-0.05, 0) is 40.2 Å². The predicted octanol–water partition coefficient (Wildman–Crippen LogP) is 3.88. The molecule has 0 atom stereocenters. The molecule has 0 radical (unpaired) electrons. The molecule has 0 fully saturated rings. The molecule has 0 spiro atoms. The second kappa shape index (κ2) is 5.73. The Morgan fingerprint density at radius 3 is 2.83 bits per heavy atom. The van der Waals surface area contributed by atoms with Crippen molar-refractivity contribution >= 4 is 50.5 Å². The van der Waals surface area contributed by atoms with Crippen molar-refractivity contribution in [2.24, 2.45) is 5.73 Å². The molecule has 1 amide bonds. The first-order valence-electron chi connectivity index (χ1n) is 5.13. The van der Waals surface area contributed by atoms with E-state index in [-0.39, 0.29) is 0 Å². The average Bonchev–Trinajstić information content (AvgIpc) is 2.67. The molecule has 2 rings (SSSR count). The predicted molar refractivity (Wildman–Crippen MR) is 79.3 cm³/mol. The van der Waals surface area contributed by atoms with Crippen LogP contribution in [0.15, 0.2) is 34.8 Å². The molecule has 2 aromatic rings. The summed E-state index contributed by atoms with van der Waals surface area (Å²) in [5.74, 6) is -0.430. The molecule has 18 heavy (non-hydrogen) atoms. The van der Waals surface area contributed by atoms with Gasteiger partial charge in [-0.3, -0.25) is 4.79 Å². The van der Waals surface area contributed by atoms with Crippen LogP contribution in [0.4, 0.5) is 5.69 Å². The number of thiophene rings is 1. The number of halogens is 2. The van der Waals surface area contributed by atoms with E-state index in [4.69, 9.17) is 17.3 Å². The average molecular weight is 346 g/mol. The minimum Gasteiger partial charge on any atom is -0.380 e. The summed E-state index contributed by atoms with van der Waals surface area (Å²) in [6, 6.07) is 9.06. The molecule has 0 aliphatic heterocycles. The smallest absolute Gasteiger partial charge is 0.248 e. The van der Waals surface area contributed by atoms with Gasteiger partial charge in [0.15, 0.2) is 0 Å². The summed E-state index contributed by atoms with van der Waals surface area (Å²) in [4.78, 5) is 12.2. The Hall–Kier alpha value is -1.04. The second-order valence-electron chi connectivity index (χ2n) is 3.63. The Morgan fingerprint density at radius 2 is 2.22 bits per heavy atom. The van der Waals surface area contributed by atoms with Gasteiger partial charge in [-0.2, -0.15) is 0 Å². The highest BCUT2D eigenvalue weighted by Gasteiger charge is 2.05. The number of benzene rings is 1. The van der Waals surface area contributed by atoms with E-state index in [1.165, 1.54) is 11.3 Å². The second-order valence-corrected chi connectivity index (χ2v) is 6.23. The van der Waals surface area contributed by atoms with Crippen LogP contribution in [0.25, 0.3) is 0 Å². The molecular formula is C12H10BrClN2OS. The van der Waals surface area contributed by atoms with Gasteiger partial charge in [0.2, 0.25) is 5.91 Å². The molecule has 1 aromatic carbocycles. The highest BCUT2D eigenvalue weighted by atomic mass is 79.9. The SMILES string of the molecule is NC(=O)c1cccc(NCc2cc(Br)c(Cl)s2)c1. The first-order chi connectivity index (χ1) is 8.56. The summed E-state index contributed by atoms with van der Waals surface area (Å²) in [6.45, 7) is 0.651. The first-order valence-corrected chi connectivity index (χ1v) is 7.12. The van der Waals surface area contributed by atoms with E-state index >= 15 is 0 Å².